The molecule has 1 N–H and O–H groups in total. The molecule has 2 aromatic rings. The summed E-state index contributed by atoms with van der Waals surface area (Å²) >= 11 is 5.82. The van der Waals surface area contributed by atoms with Gasteiger partial charge < -0.3 is 10.1 Å². The maximum absolute atomic E-state index is 11.7. The van der Waals surface area contributed by atoms with E-state index >= 15 is 0 Å². The van der Waals surface area contributed by atoms with Gasteiger partial charge in [0.2, 0.25) is 0 Å². The monoisotopic (exact) mass is 321 g/mol. The highest BCUT2D eigenvalue weighted by Crippen LogP contribution is 2.16. The molecule has 6 nitrogen and oxygen atoms in total. The van der Waals surface area contributed by atoms with Crippen LogP contribution in [0.2, 0.25) is 5.02 Å². The average Bonchev–Trinajstić information content (AvgIpc) is 2.47. The number of carbonyl (C=O) groups excluding carboxylic acids is 1. The lowest BCUT2D eigenvalue weighted by Gasteiger charge is -2.09. The molecule has 7 heteroatoms. The molecule has 116 valence electrons. The van der Waals surface area contributed by atoms with Gasteiger partial charge in [-0.3, -0.25) is 14.2 Å². The molecule has 1 heterocycles. The van der Waals surface area contributed by atoms with Crippen LogP contribution in [0.3, 0.4) is 0 Å². The van der Waals surface area contributed by atoms with Crippen molar-refractivity contribution < 1.29 is 9.53 Å². The Bertz CT molecular complexity index is 715. The van der Waals surface area contributed by atoms with Crippen LogP contribution >= 0.6 is 11.6 Å². The predicted molar refractivity (Wildman–Crippen MR) is 83.2 cm³/mol. The molecule has 0 bridgehead atoms. The fraction of sp³-hybridized carbons (Fsp3) is 0.267. The van der Waals surface area contributed by atoms with Crippen LogP contribution in [-0.4, -0.2) is 28.6 Å². The van der Waals surface area contributed by atoms with Gasteiger partial charge in [0.1, 0.15) is 5.75 Å². The van der Waals surface area contributed by atoms with Crippen molar-refractivity contribution >= 4 is 17.5 Å². The molecule has 22 heavy (non-hydrogen) atoms. The standard InChI is InChI=1S/C15H16ClN3O3/c1-11-7-15(21)19(10-18-11)6-5-17-14(20)9-22-13-4-2-3-12(16)8-13/h2-4,7-8,10H,5-6,9H2,1H3,(H,17,20). The number of halogens is 1. The molecule has 1 aromatic carbocycles. The summed E-state index contributed by atoms with van der Waals surface area (Å²) in [6, 6.07) is 8.27. The first-order chi connectivity index (χ1) is 10.5. The van der Waals surface area contributed by atoms with Crippen LogP contribution in [0.15, 0.2) is 41.5 Å². The molecule has 0 aliphatic carbocycles. The van der Waals surface area contributed by atoms with E-state index in [1.165, 1.54) is 17.0 Å². The molecule has 0 unspecified atom stereocenters. The van der Waals surface area contributed by atoms with Gasteiger partial charge in [-0.15, -0.1) is 0 Å². The van der Waals surface area contributed by atoms with Crippen molar-refractivity contribution in [3.8, 4) is 5.75 Å². The summed E-state index contributed by atoms with van der Waals surface area (Å²) in [5.74, 6) is 0.259. The van der Waals surface area contributed by atoms with E-state index in [9.17, 15) is 9.59 Å². The van der Waals surface area contributed by atoms with Gasteiger partial charge in [0.05, 0.1) is 6.33 Å². The van der Waals surface area contributed by atoms with Crippen molar-refractivity contribution in [1.29, 1.82) is 0 Å². The van der Waals surface area contributed by atoms with E-state index in [4.69, 9.17) is 16.3 Å². The zero-order valence-corrected chi connectivity index (χ0v) is 12.8. The molecule has 0 radical (unpaired) electrons. The summed E-state index contributed by atoms with van der Waals surface area (Å²) in [5.41, 5.74) is 0.525. The third kappa shape index (κ3) is 4.89. The Kier molecular flexibility index (Phi) is 5.55. The van der Waals surface area contributed by atoms with E-state index in [0.29, 0.717) is 29.6 Å². The molecule has 1 aromatic heterocycles. The maximum Gasteiger partial charge on any atom is 0.258 e. The number of carbonyl (C=O) groups is 1. The Hall–Kier alpha value is -2.34. The second-order valence-electron chi connectivity index (χ2n) is 4.66. The molecular formula is C15H16ClN3O3. The van der Waals surface area contributed by atoms with E-state index in [0.717, 1.165) is 0 Å². The van der Waals surface area contributed by atoms with Crippen molar-refractivity contribution in [2.75, 3.05) is 13.2 Å². The number of ether oxygens (including phenoxy) is 1. The zero-order chi connectivity index (χ0) is 15.9. The Morgan fingerprint density at radius 1 is 1.41 bits per heavy atom. The Labute approximate surface area is 132 Å². The van der Waals surface area contributed by atoms with Gasteiger partial charge in [0, 0.05) is 29.9 Å². The average molecular weight is 322 g/mol. The number of benzene rings is 1. The summed E-state index contributed by atoms with van der Waals surface area (Å²) in [4.78, 5) is 27.3. The van der Waals surface area contributed by atoms with Crippen molar-refractivity contribution in [2.45, 2.75) is 13.5 Å². The van der Waals surface area contributed by atoms with Gasteiger partial charge in [0.15, 0.2) is 6.61 Å². The van der Waals surface area contributed by atoms with E-state index in [2.05, 4.69) is 10.3 Å². The molecule has 0 aliphatic rings. The van der Waals surface area contributed by atoms with E-state index < -0.39 is 0 Å². The summed E-state index contributed by atoms with van der Waals surface area (Å²) in [7, 11) is 0. The second-order valence-corrected chi connectivity index (χ2v) is 5.09. The molecule has 1 amide bonds. The van der Waals surface area contributed by atoms with Crippen LogP contribution in [-0.2, 0) is 11.3 Å². The number of aryl methyl sites for hydroxylation is 1. The molecule has 0 aliphatic heterocycles. The van der Waals surface area contributed by atoms with Gasteiger partial charge in [0.25, 0.3) is 11.5 Å². The lowest BCUT2D eigenvalue weighted by atomic mass is 10.3. The van der Waals surface area contributed by atoms with Crippen LogP contribution < -0.4 is 15.6 Å². The van der Waals surface area contributed by atoms with Crippen molar-refractivity contribution in [2.24, 2.45) is 0 Å². The van der Waals surface area contributed by atoms with Crippen LogP contribution in [0.4, 0.5) is 0 Å². The topological polar surface area (TPSA) is 73.2 Å². The number of nitrogens with zero attached hydrogens (tertiary/aromatic N) is 2. The minimum Gasteiger partial charge on any atom is -0.484 e. The van der Waals surface area contributed by atoms with E-state index in [-0.39, 0.29) is 18.1 Å². The quantitative estimate of drug-likeness (QED) is 0.873. The summed E-state index contributed by atoms with van der Waals surface area (Å²) in [6.07, 6.45) is 1.46. The first-order valence-electron chi connectivity index (χ1n) is 6.73. The SMILES string of the molecule is Cc1cc(=O)n(CCNC(=O)COc2cccc(Cl)c2)cn1. The smallest absolute Gasteiger partial charge is 0.258 e. The van der Waals surface area contributed by atoms with Gasteiger partial charge in [-0.05, 0) is 25.1 Å². The number of hydrogen-bond donors (Lipinski definition) is 1. The molecule has 0 spiro atoms. The third-order valence-corrected chi connectivity index (χ3v) is 3.09. The van der Waals surface area contributed by atoms with Gasteiger partial charge in [-0.1, -0.05) is 17.7 Å². The molecule has 2 rings (SSSR count). The number of amides is 1. The maximum atomic E-state index is 11.7. The molecule has 0 saturated carbocycles. The molecule has 0 fully saturated rings. The van der Waals surface area contributed by atoms with Crippen LogP contribution in [0, 0.1) is 6.92 Å². The number of rotatable bonds is 6. The predicted octanol–water partition coefficient (Wildman–Crippen LogP) is 1.40. The van der Waals surface area contributed by atoms with Crippen LogP contribution in [0.1, 0.15) is 5.69 Å². The zero-order valence-electron chi connectivity index (χ0n) is 12.1. The highest BCUT2D eigenvalue weighted by atomic mass is 35.5. The normalized spacial score (nSPS) is 10.3. The molecule has 0 saturated heterocycles. The van der Waals surface area contributed by atoms with Crippen LogP contribution in [0.5, 0.6) is 5.75 Å². The minimum absolute atomic E-state index is 0.110. The summed E-state index contributed by atoms with van der Waals surface area (Å²) in [6.45, 7) is 2.32. The highest BCUT2D eigenvalue weighted by molar-refractivity contribution is 6.30. The van der Waals surface area contributed by atoms with Crippen molar-refractivity contribution in [3.05, 3.63) is 57.7 Å². The third-order valence-electron chi connectivity index (χ3n) is 2.86. The molecule has 0 atom stereocenters. The van der Waals surface area contributed by atoms with Crippen molar-refractivity contribution in [3.63, 3.8) is 0 Å². The first kappa shape index (κ1) is 16.0. The Morgan fingerprint density at radius 2 is 2.23 bits per heavy atom. The fourth-order valence-electron chi connectivity index (χ4n) is 1.76. The summed E-state index contributed by atoms with van der Waals surface area (Å²) in [5, 5.41) is 3.22. The van der Waals surface area contributed by atoms with Gasteiger partial charge in [-0.25, -0.2) is 4.98 Å². The van der Waals surface area contributed by atoms with Crippen LogP contribution in [0.25, 0.3) is 0 Å². The van der Waals surface area contributed by atoms with Gasteiger partial charge in [-0.2, -0.15) is 0 Å². The minimum atomic E-state index is -0.270. The number of nitrogens with one attached hydrogen (secondary N) is 1. The highest BCUT2D eigenvalue weighted by Gasteiger charge is 2.03. The number of aromatic nitrogens is 2. The lowest BCUT2D eigenvalue weighted by molar-refractivity contribution is -0.123. The largest absolute Gasteiger partial charge is 0.484 e. The van der Waals surface area contributed by atoms with E-state index in [1.54, 1.807) is 31.2 Å². The summed E-state index contributed by atoms with van der Waals surface area (Å²) < 4.78 is 6.75. The fourth-order valence-corrected chi connectivity index (χ4v) is 1.94. The lowest BCUT2D eigenvalue weighted by Crippen LogP contribution is -2.33. The Balaban J connectivity index is 1.75. The second kappa shape index (κ2) is 7.61. The van der Waals surface area contributed by atoms with Gasteiger partial charge >= 0.3 is 0 Å². The van der Waals surface area contributed by atoms with E-state index in [1.807, 2.05) is 0 Å². The first-order valence-corrected chi connectivity index (χ1v) is 7.10. The number of hydrogen-bond acceptors (Lipinski definition) is 4. The van der Waals surface area contributed by atoms with Crippen molar-refractivity contribution in [1.82, 2.24) is 14.9 Å². The Morgan fingerprint density at radius 3 is 2.95 bits per heavy atom. The molecular weight excluding hydrogens is 306 g/mol.